The second kappa shape index (κ2) is 4.21. The second-order valence-electron chi connectivity index (χ2n) is 3.75. The molecule has 1 aromatic heterocycles. The molecule has 0 bridgehead atoms. The third-order valence-electron chi connectivity index (χ3n) is 2.68. The van der Waals surface area contributed by atoms with Gasteiger partial charge in [-0.15, -0.1) is 10.2 Å². The standard InChI is InChI=1S/C11H11N3O2S/c15-10-5-6-17(11-14-12-7-16-11)9-4-2-1-3-8(9)13-10/h1-4,7H,5-6,17H2. The highest BCUT2D eigenvalue weighted by Gasteiger charge is 2.11. The van der Waals surface area contributed by atoms with Crippen molar-refractivity contribution in [3.05, 3.63) is 40.5 Å². The summed E-state index contributed by atoms with van der Waals surface area (Å²) in [7, 11) is -1.16. The van der Waals surface area contributed by atoms with Gasteiger partial charge in [0.1, 0.15) is 0 Å². The average molecular weight is 249 g/mol. The fraction of sp³-hybridized carbons (Fsp3) is 0.182. The van der Waals surface area contributed by atoms with E-state index in [1.807, 2.05) is 24.3 Å². The van der Waals surface area contributed by atoms with E-state index in [2.05, 4.69) is 15.2 Å². The van der Waals surface area contributed by atoms with Crippen LogP contribution in [0.5, 0.6) is 0 Å². The third kappa shape index (κ3) is 1.91. The summed E-state index contributed by atoms with van der Waals surface area (Å²) >= 11 is 0. The van der Waals surface area contributed by atoms with Crippen LogP contribution < -0.4 is 5.36 Å². The van der Waals surface area contributed by atoms with E-state index in [-0.39, 0.29) is 5.91 Å². The van der Waals surface area contributed by atoms with Gasteiger partial charge in [-0.2, -0.15) is 10.5 Å². The molecule has 2 aromatic rings. The molecular weight excluding hydrogens is 238 g/mol. The molecule has 0 fully saturated rings. The number of benzene rings is 1. The van der Waals surface area contributed by atoms with E-state index in [9.17, 15) is 4.79 Å². The molecule has 5 nitrogen and oxygen atoms in total. The molecule has 0 radical (unpaired) electrons. The van der Waals surface area contributed by atoms with Crippen LogP contribution in [0.1, 0.15) is 6.42 Å². The summed E-state index contributed by atoms with van der Waals surface area (Å²) in [6.07, 6.45) is 1.78. The molecule has 0 saturated carbocycles. The van der Waals surface area contributed by atoms with Crippen LogP contribution in [0.15, 0.2) is 45.3 Å². The Morgan fingerprint density at radius 1 is 1.29 bits per heavy atom. The first-order valence-electron chi connectivity index (χ1n) is 5.31. The summed E-state index contributed by atoms with van der Waals surface area (Å²) in [5, 5.41) is 9.09. The van der Waals surface area contributed by atoms with Crippen LogP contribution in [0.3, 0.4) is 0 Å². The van der Waals surface area contributed by atoms with Crippen molar-refractivity contribution in [2.75, 3.05) is 5.75 Å². The Kier molecular flexibility index (Phi) is 2.56. The lowest BCUT2D eigenvalue weighted by Gasteiger charge is -2.03. The molecule has 0 aliphatic carbocycles. The van der Waals surface area contributed by atoms with Gasteiger partial charge in [0, 0.05) is 10.9 Å². The van der Waals surface area contributed by atoms with Crippen LogP contribution in [0.25, 0.3) is 0 Å². The Balaban J connectivity index is 2.38. The molecule has 0 unspecified atom stereocenters. The molecule has 1 aromatic carbocycles. The minimum atomic E-state index is -1.16. The number of para-hydroxylation sites is 1. The van der Waals surface area contributed by atoms with E-state index in [1.54, 1.807) is 0 Å². The van der Waals surface area contributed by atoms with Crippen molar-refractivity contribution in [1.29, 1.82) is 0 Å². The number of carbonyl (C=O) groups excluding carboxylic acids is 1. The quantitative estimate of drug-likeness (QED) is 0.696. The summed E-state index contributed by atoms with van der Waals surface area (Å²) in [5.74, 6) is 0.684. The molecule has 1 amide bonds. The molecule has 1 aliphatic rings. The van der Waals surface area contributed by atoms with E-state index >= 15 is 0 Å². The van der Waals surface area contributed by atoms with Crippen molar-refractivity contribution in [2.45, 2.75) is 11.6 Å². The maximum absolute atomic E-state index is 11.5. The molecule has 17 heavy (non-hydrogen) atoms. The minimum absolute atomic E-state index is 0.0723. The van der Waals surface area contributed by atoms with Gasteiger partial charge in [0.2, 0.25) is 12.3 Å². The number of fused-ring (bicyclic) bond motifs is 1. The highest BCUT2D eigenvalue weighted by Crippen LogP contribution is 2.28. The number of nitrogens with zero attached hydrogens (tertiary/aromatic N) is 3. The zero-order chi connectivity index (χ0) is 11.7. The van der Waals surface area contributed by atoms with Crippen molar-refractivity contribution in [1.82, 2.24) is 10.2 Å². The van der Waals surface area contributed by atoms with E-state index in [0.717, 1.165) is 15.6 Å². The van der Waals surface area contributed by atoms with Crippen molar-refractivity contribution < 1.29 is 9.21 Å². The number of hydrogen-bond acceptors (Lipinski definition) is 4. The largest absolute Gasteiger partial charge is 0.421 e. The average Bonchev–Trinajstić information content (AvgIpc) is 2.80. The Morgan fingerprint density at radius 3 is 3.00 bits per heavy atom. The summed E-state index contributed by atoms with van der Waals surface area (Å²) in [6, 6.07) is 7.69. The van der Waals surface area contributed by atoms with Gasteiger partial charge >= 0.3 is 0 Å². The Labute approximate surface area is 99.1 Å². The second-order valence-corrected chi connectivity index (χ2v) is 6.17. The van der Waals surface area contributed by atoms with Crippen molar-refractivity contribution in [3.63, 3.8) is 0 Å². The molecule has 0 spiro atoms. The summed E-state index contributed by atoms with van der Waals surface area (Å²) in [6.45, 7) is 0. The zero-order valence-corrected chi connectivity index (χ0v) is 9.96. The molecular formula is C11H11N3O2S. The number of hydrogen-bond donors (Lipinski definition) is 0. The van der Waals surface area contributed by atoms with Gasteiger partial charge < -0.3 is 4.42 Å². The lowest BCUT2D eigenvalue weighted by atomic mass is 10.3. The highest BCUT2D eigenvalue weighted by atomic mass is 32.2. The SMILES string of the molecule is O=C1CC[SH2](c2nnco2)=c2ccccc2=N1. The van der Waals surface area contributed by atoms with Gasteiger partial charge in [0.15, 0.2) is 0 Å². The van der Waals surface area contributed by atoms with Crippen molar-refractivity contribution in [3.8, 4) is 0 Å². The van der Waals surface area contributed by atoms with Gasteiger partial charge in [0.25, 0.3) is 5.22 Å². The summed E-state index contributed by atoms with van der Waals surface area (Å²) < 4.78 is 6.37. The molecule has 0 N–H and O–H groups in total. The van der Waals surface area contributed by atoms with E-state index in [4.69, 9.17) is 4.42 Å². The topological polar surface area (TPSA) is 68.3 Å². The van der Waals surface area contributed by atoms with Crippen LogP contribution >= 0.6 is 10.5 Å². The number of rotatable bonds is 1. The van der Waals surface area contributed by atoms with Crippen LogP contribution in [-0.2, 0) is 4.79 Å². The van der Waals surface area contributed by atoms with Gasteiger partial charge in [-0.05, 0) is 17.9 Å². The van der Waals surface area contributed by atoms with Gasteiger partial charge in [-0.1, -0.05) is 12.1 Å². The molecule has 88 valence electrons. The monoisotopic (exact) mass is 249 g/mol. The lowest BCUT2D eigenvalue weighted by Crippen LogP contribution is -2.04. The minimum Gasteiger partial charge on any atom is -0.421 e. The molecule has 1 aliphatic heterocycles. The lowest BCUT2D eigenvalue weighted by molar-refractivity contribution is -0.117. The maximum atomic E-state index is 11.5. The van der Waals surface area contributed by atoms with Gasteiger partial charge in [-0.25, -0.2) is 4.99 Å². The molecule has 2 heterocycles. The fourth-order valence-electron chi connectivity index (χ4n) is 1.91. The Bertz CT molecular complexity index is 679. The van der Waals surface area contributed by atoms with Crippen molar-refractivity contribution in [2.24, 2.45) is 4.99 Å². The first-order valence-corrected chi connectivity index (χ1v) is 7.01. The molecule has 0 saturated heterocycles. The smallest absolute Gasteiger partial charge is 0.251 e. The predicted octanol–water partition coefficient (Wildman–Crippen LogP) is 0.663. The molecule has 0 atom stereocenters. The van der Waals surface area contributed by atoms with E-state index in [0.29, 0.717) is 11.6 Å². The van der Waals surface area contributed by atoms with E-state index < -0.39 is 10.5 Å². The van der Waals surface area contributed by atoms with Crippen LogP contribution in [0.2, 0.25) is 0 Å². The van der Waals surface area contributed by atoms with Gasteiger partial charge in [-0.3, -0.25) is 4.79 Å². The molecule has 3 rings (SSSR count). The summed E-state index contributed by atoms with van der Waals surface area (Å²) in [4.78, 5) is 15.6. The van der Waals surface area contributed by atoms with Crippen molar-refractivity contribution >= 4 is 16.4 Å². The normalized spacial score (nSPS) is 17.2. The number of aromatic nitrogens is 2. The fourth-order valence-corrected chi connectivity index (χ4v) is 4.21. The Hall–Kier alpha value is -1.82. The molecule has 6 heteroatoms. The number of carbonyl (C=O) groups is 1. The van der Waals surface area contributed by atoms with Crippen LogP contribution in [0, 0.1) is 4.51 Å². The third-order valence-corrected chi connectivity index (χ3v) is 5.24. The zero-order valence-electron chi connectivity index (χ0n) is 8.96. The van der Waals surface area contributed by atoms with Gasteiger partial charge in [0.05, 0.1) is 5.36 Å². The predicted molar refractivity (Wildman–Crippen MR) is 63.9 cm³/mol. The van der Waals surface area contributed by atoms with Crippen LogP contribution in [0.4, 0.5) is 0 Å². The van der Waals surface area contributed by atoms with Crippen LogP contribution in [-0.4, -0.2) is 21.9 Å². The van der Waals surface area contributed by atoms with E-state index in [1.165, 1.54) is 6.39 Å². The summed E-state index contributed by atoms with van der Waals surface area (Å²) in [5.41, 5.74) is 0. The Morgan fingerprint density at radius 2 is 2.18 bits per heavy atom. The first-order chi connectivity index (χ1) is 8.34. The number of amides is 1. The highest BCUT2D eigenvalue weighted by molar-refractivity contribution is 8.09. The first kappa shape index (κ1) is 10.3. The maximum Gasteiger partial charge on any atom is 0.251 e.